The van der Waals surface area contributed by atoms with Gasteiger partial charge in [0.15, 0.2) is 0 Å². The summed E-state index contributed by atoms with van der Waals surface area (Å²) in [7, 11) is 0. The lowest BCUT2D eigenvalue weighted by Crippen LogP contribution is -2.14. The molecule has 0 spiro atoms. The van der Waals surface area contributed by atoms with Crippen molar-refractivity contribution in [1.29, 1.82) is 0 Å². The van der Waals surface area contributed by atoms with Gasteiger partial charge in [-0.05, 0) is 53.9 Å². The Morgan fingerprint density at radius 1 is 1.29 bits per heavy atom. The average Bonchev–Trinajstić information content (AvgIpc) is 2.84. The van der Waals surface area contributed by atoms with Crippen LogP contribution < -0.4 is 5.32 Å². The van der Waals surface area contributed by atoms with Crippen molar-refractivity contribution >= 4 is 27.6 Å². The maximum absolute atomic E-state index is 13.2. The first-order valence-corrected chi connectivity index (χ1v) is 8.20. The van der Waals surface area contributed by atoms with Crippen molar-refractivity contribution in [3.8, 4) is 0 Å². The lowest BCUT2D eigenvalue weighted by atomic mass is 9.95. The fraction of sp³-hybridized carbons (Fsp3) is 0.438. The third kappa shape index (κ3) is 3.28. The molecule has 1 fully saturated rings. The Labute approximate surface area is 132 Å². The van der Waals surface area contributed by atoms with E-state index in [1.54, 1.807) is 6.07 Å². The molecule has 0 unspecified atom stereocenters. The monoisotopic (exact) mass is 351 g/mol. The highest BCUT2D eigenvalue weighted by atomic mass is 79.9. The summed E-state index contributed by atoms with van der Waals surface area (Å²) in [4.78, 5) is 4.58. The number of nitrogens with zero attached hydrogens (tertiary/aromatic N) is 2. The molecule has 0 aliphatic heterocycles. The molecular weight excluding hydrogens is 333 g/mol. The van der Waals surface area contributed by atoms with E-state index < -0.39 is 0 Å². The van der Waals surface area contributed by atoms with Gasteiger partial charge in [-0.25, -0.2) is 9.37 Å². The SMILES string of the molecule is Cc1cn(C2CCCCC2)c(Nc2ccc(F)cc2Br)n1. The number of rotatable bonds is 3. The Bertz CT molecular complexity index is 632. The van der Waals surface area contributed by atoms with Crippen LogP contribution in [0.5, 0.6) is 0 Å². The number of nitrogens with one attached hydrogen (secondary N) is 1. The highest BCUT2D eigenvalue weighted by Gasteiger charge is 2.19. The molecule has 1 saturated carbocycles. The Balaban J connectivity index is 1.87. The molecule has 1 aliphatic carbocycles. The second-order valence-electron chi connectivity index (χ2n) is 5.65. The standard InChI is InChI=1S/C16H19BrFN3/c1-11-10-21(13-5-3-2-4-6-13)16(19-11)20-15-8-7-12(18)9-14(15)17/h7-10,13H,2-6H2,1H3,(H,19,20). The van der Waals surface area contributed by atoms with Crippen molar-refractivity contribution in [3.05, 3.63) is 40.4 Å². The predicted octanol–water partition coefficient (Wildman–Crippen LogP) is 5.34. The van der Waals surface area contributed by atoms with Gasteiger partial charge in [-0.1, -0.05) is 19.3 Å². The predicted molar refractivity (Wildman–Crippen MR) is 86.5 cm³/mol. The smallest absolute Gasteiger partial charge is 0.207 e. The van der Waals surface area contributed by atoms with E-state index in [4.69, 9.17) is 0 Å². The van der Waals surface area contributed by atoms with Gasteiger partial charge in [0.05, 0.1) is 11.4 Å². The first-order chi connectivity index (χ1) is 10.1. The van der Waals surface area contributed by atoms with Gasteiger partial charge in [0.1, 0.15) is 5.82 Å². The summed E-state index contributed by atoms with van der Waals surface area (Å²) >= 11 is 3.39. The van der Waals surface area contributed by atoms with Crippen LogP contribution in [0.25, 0.3) is 0 Å². The highest BCUT2D eigenvalue weighted by molar-refractivity contribution is 9.10. The van der Waals surface area contributed by atoms with Crippen LogP contribution in [0.1, 0.15) is 43.8 Å². The van der Waals surface area contributed by atoms with Gasteiger partial charge < -0.3 is 9.88 Å². The van der Waals surface area contributed by atoms with Crippen molar-refractivity contribution in [3.63, 3.8) is 0 Å². The molecular formula is C16H19BrFN3. The minimum Gasteiger partial charge on any atom is -0.325 e. The van der Waals surface area contributed by atoms with Gasteiger partial charge in [0.25, 0.3) is 0 Å². The molecule has 1 heterocycles. The van der Waals surface area contributed by atoms with Crippen LogP contribution in [0, 0.1) is 12.7 Å². The molecule has 0 amide bonds. The lowest BCUT2D eigenvalue weighted by molar-refractivity contribution is 0.356. The summed E-state index contributed by atoms with van der Waals surface area (Å²) in [6.07, 6.45) is 8.40. The van der Waals surface area contributed by atoms with E-state index in [0.717, 1.165) is 17.3 Å². The molecule has 5 heteroatoms. The number of aromatic nitrogens is 2. The Morgan fingerprint density at radius 3 is 2.76 bits per heavy atom. The summed E-state index contributed by atoms with van der Waals surface area (Å²) < 4.78 is 16.1. The molecule has 1 N–H and O–H groups in total. The van der Waals surface area contributed by atoms with Gasteiger partial charge in [0.2, 0.25) is 5.95 Å². The van der Waals surface area contributed by atoms with Crippen molar-refractivity contribution in [2.75, 3.05) is 5.32 Å². The minimum absolute atomic E-state index is 0.251. The van der Waals surface area contributed by atoms with Crippen LogP contribution in [0.4, 0.5) is 16.0 Å². The van der Waals surface area contributed by atoms with Gasteiger partial charge in [-0.2, -0.15) is 0 Å². The van der Waals surface area contributed by atoms with Gasteiger partial charge in [0, 0.05) is 16.7 Å². The fourth-order valence-corrected chi connectivity index (χ4v) is 3.41. The second kappa shape index (κ2) is 6.18. The number of anilines is 2. The quantitative estimate of drug-likeness (QED) is 0.808. The number of benzene rings is 1. The molecule has 0 bridgehead atoms. The molecule has 2 aromatic rings. The number of halogens is 2. The molecule has 3 rings (SSSR count). The van der Waals surface area contributed by atoms with Crippen LogP contribution in [0.15, 0.2) is 28.9 Å². The highest BCUT2D eigenvalue weighted by Crippen LogP contribution is 2.33. The second-order valence-corrected chi connectivity index (χ2v) is 6.51. The molecule has 0 saturated heterocycles. The number of hydrogen-bond acceptors (Lipinski definition) is 2. The van der Waals surface area contributed by atoms with E-state index in [9.17, 15) is 4.39 Å². The summed E-state index contributed by atoms with van der Waals surface area (Å²) in [5.41, 5.74) is 1.83. The molecule has 0 radical (unpaired) electrons. The van der Waals surface area contributed by atoms with Crippen molar-refractivity contribution < 1.29 is 4.39 Å². The first kappa shape index (κ1) is 14.6. The topological polar surface area (TPSA) is 29.9 Å². The number of aryl methyl sites for hydroxylation is 1. The van der Waals surface area contributed by atoms with Gasteiger partial charge in [-0.15, -0.1) is 0 Å². The fourth-order valence-electron chi connectivity index (χ4n) is 2.96. The normalized spacial score (nSPS) is 16.1. The average molecular weight is 352 g/mol. The van der Waals surface area contributed by atoms with Crippen LogP contribution >= 0.6 is 15.9 Å². The van der Waals surface area contributed by atoms with E-state index in [-0.39, 0.29) is 5.82 Å². The zero-order chi connectivity index (χ0) is 14.8. The van der Waals surface area contributed by atoms with Gasteiger partial charge >= 0.3 is 0 Å². The summed E-state index contributed by atoms with van der Waals surface area (Å²) in [5.74, 6) is 0.589. The van der Waals surface area contributed by atoms with Crippen molar-refractivity contribution in [2.24, 2.45) is 0 Å². The zero-order valence-corrected chi connectivity index (χ0v) is 13.7. The molecule has 1 aromatic carbocycles. The Hall–Kier alpha value is -1.36. The van der Waals surface area contributed by atoms with Crippen LogP contribution in [-0.4, -0.2) is 9.55 Å². The van der Waals surface area contributed by atoms with Crippen LogP contribution in [0.3, 0.4) is 0 Å². The molecule has 1 aromatic heterocycles. The van der Waals surface area contributed by atoms with E-state index in [1.807, 2.05) is 6.92 Å². The molecule has 1 aliphatic rings. The molecule has 0 atom stereocenters. The van der Waals surface area contributed by atoms with Crippen LogP contribution in [-0.2, 0) is 0 Å². The molecule has 3 nitrogen and oxygen atoms in total. The minimum atomic E-state index is -0.251. The molecule has 112 valence electrons. The Morgan fingerprint density at radius 2 is 2.05 bits per heavy atom. The maximum atomic E-state index is 13.2. The van der Waals surface area contributed by atoms with E-state index in [2.05, 4.69) is 37.0 Å². The lowest BCUT2D eigenvalue weighted by Gasteiger charge is -2.25. The molecule has 21 heavy (non-hydrogen) atoms. The maximum Gasteiger partial charge on any atom is 0.207 e. The summed E-state index contributed by atoms with van der Waals surface area (Å²) in [6.45, 7) is 2.00. The largest absolute Gasteiger partial charge is 0.325 e. The number of hydrogen-bond donors (Lipinski definition) is 1. The third-order valence-corrected chi connectivity index (χ3v) is 4.65. The summed E-state index contributed by atoms with van der Waals surface area (Å²) in [5, 5.41) is 3.32. The van der Waals surface area contributed by atoms with Gasteiger partial charge in [-0.3, -0.25) is 0 Å². The zero-order valence-electron chi connectivity index (χ0n) is 12.1. The van der Waals surface area contributed by atoms with Crippen molar-refractivity contribution in [1.82, 2.24) is 9.55 Å². The van der Waals surface area contributed by atoms with E-state index in [0.29, 0.717) is 10.5 Å². The summed E-state index contributed by atoms with van der Waals surface area (Å²) in [6, 6.07) is 5.16. The van der Waals surface area contributed by atoms with Crippen molar-refractivity contribution in [2.45, 2.75) is 45.1 Å². The number of imidazole rings is 1. The Kier molecular flexibility index (Phi) is 4.29. The third-order valence-electron chi connectivity index (χ3n) is 4.00. The van der Waals surface area contributed by atoms with E-state index >= 15 is 0 Å². The first-order valence-electron chi connectivity index (χ1n) is 7.41. The van der Waals surface area contributed by atoms with Crippen LogP contribution in [0.2, 0.25) is 0 Å². The van der Waals surface area contributed by atoms with E-state index in [1.165, 1.54) is 44.2 Å².